The van der Waals surface area contributed by atoms with Crippen molar-refractivity contribution in [2.75, 3.05) is 0 Å². The third-order valence-corrected chi connectivity index (χ3v) is 4.99. The van der Waals surface area contributed by atoms with E-state index in [1.807, 2.05) is 0 Å². The van der Waals surface area contributed by atoms with Crippen LogP contribution in [0.3, 0.4) is 0 Å². The van der Waals surface area contributed by atoms with E-state index in [4.69, 9.17) is 5.73 Å². The maximum atomic E-state index is 6.55. The predicted octanol–water partition coefficient (Wildman–Crippen LogP) is 5.30. The quantitative estimate of drug-likeness (QED) is 0.774. The first-order chi connectivity index (χ1) is 9.60. The van der Waals surface area contributed by atoms with Gasteiger partial charge in [-0.05, 0) is 44.1 Å². The number of aryl methyl sites for hydroxylation is 2. The Morgan fingerprint density at radius 2 is 1.65 bits per heavy atom. The van der Waals surface area contributed by atoms with Gasteiger partial charge >= 0.3 is 0 Å². The zero-order chi connectivity index (χ0) is 14.5. The smallest absolute Gasteiger partial charge is 0.0323 e. The molecule has 2 N–H and O–H groups in total. The molecule has 1 nitrogen and oxygen atoms in total. The number of nitrogens with two attached hydrogens (primary N) is 1. The fourth-order valence-corrected chi connectivity index (χ4v) is 3.80. The molecular formula is C19H31N. The van der Waals surface area contributed by atoms with Crippen LogP contribution in [0.1, 0.15) is 74.6 Å². The topological polar surface area (TPSA) is 26.0 Å². The minimum absolute atomic E-state index is 0.237. The monoisotopic (exact) mass is 273 g/mol. The summed E-state index contributed by atoms with van der Waals surface area (Å²) in [4.78, 5) is 0. The van der Waals surface area contributed by atoms with E-state index in [2.05, 4.69) is 39.0 Å². The molecule has 0 radical (unpaired) electrons. The van der Waals surface area contributed by atoms with Gasteiger partial charge in [-0.1, -0.05) is 68.4 Å². The van der Waals surface area contributed by atoms with Crippen molar-refractivity contribution in [2.45, 2.75) is 71.8 Å². The van der Waals surface area contributed by atoms with E-state index >= 15 is 0 Å². The van der Waals surface area contributed by atoms with Gasteiger partial charge in [0.25, 0.3) is 0 Å². The highest BCUT2D eigenvalue weighted by molar-refractivity contribution is 5.30. The average molecular weight is 273 g/mol. The van der Waals surface area contributed by atoms with Gasteiger partial charge in [-0.15, -0.1) is 0 Å². The summed E-state index contributed by atoms with van der Waals surface area (Å²) >= 11 is 0. The standard InChI is InChI=1S/C19H31N/c1-4-5-6-16-7-9-17(10-8-16)19(20)18-12-14(2)11-15(3)13-18/h11-13,16-17,19H,4-10,20H2,1-3H3. The van der Waals surface area contributed by atoms with Crippen molar-refractivity contribution >= 4 is 0 Å². The van der Waals surface area contributed by atoms with Crippen LogP contribution in [0.25, 0.3) is 0 Å². The largest absolute Gasteiger partial charge is 0.324 e. The molecule has 0 saturated heterocycles. The Balaban J connectivity index is 1.92. The van der Waals surface area contributed by atoms with Gasteiger partial charge in [0, 0.05) is 6.04 Å². The van der Waals surface area contributed by atoms with Crippen molar-refractivity contribution in [3.63, 3.8) is 0 Å². The zero-order valence-corrected chi connectivity index (χ0v) is 13.5. The normalized spacial score (nSPS) is 24.6. The van der Waals surface area contributed by atoms with Gasteiger partial charge in [0.2, 0.25) is 0 Å². The van der Waals surface area contributed by atoms with Crippen LogP contribution in [0.5, 0.6) is 0 Å². The third kappa shape index (κ3) is 4.09. The van der Waals surface area contributed by atoms with Gasteiger partial charge in [-0.3, -0.25) is 0 Å². The molecule has 1 aromatic carbocycles. The average Bonchev–Trinajstić information content (AvgIpc) is 2.44. The number of unbranched alkanes of at least 4 members (excludes halogenated alkanes) is 1. The number of hydrogen-bond donors (Lipinski definition) is 1. The summed E-state index contributed by atoms with van der Waals surface area (Å²) in [5.74, 6) is 1.66. The second-order valence-corrected chi connectivity index (χ2v) is 6.87. The van der Waals surface area contributed by atoms with E-state index in [-0.39, 0.29) is 6.04 Å². The highest BCUT2D eigenvalue weighted by Crippen LogP contribution is 2.37. The molecule has 1 atom stereocenters. The zero-order valence-electron chi connectivity index (χ0n) is 13.5. The van der Waals surface area contributed by atoms with E-state index < -0.39 is 0 Å². The van der Waals surface area contributed by atoms with E-state index in [1.165, 1.54) is 61.6 Å². The van der Waals surface area contributed by atoms with Crippen LogP contribution in [0.15, 0.2) is 18.2 Å². The number of hydrogen-bond acceptors (Lipinski definition) is 1. The first-order valence-corrected chi connectivity index (χ1v) is 8.44. The maximum Gasteiger partial charge on any atom is 0.0323 e. The SMILES string of the molecule is CCCCC1CCC(C(N)c2cc(C)cc(C)c2)CC1. The Morgan fingerprint density at radius 1 is 1.05 bits per heavy atom. The van der Waals surface area contributed by atoms with E-state index in [0.717, 1.165) is 5.92 Å². The van der Waals surface area contributed by atoms with E-state index in [0.29, 0.717) is 5.92 Å². The summed E-state index contributed by atoms with van der Waals surface area (Å²) in [5.41, 5.74) is 10.6. The summed E-state index contributed by atoms with van der Waals surface area (Å²) in [6.45, 7) is 6.64. The molecule has 1 unspecified atom stereocenters. The minimum Gasteiger partial charge on any atom is -0.324 e. The highest BCUT2D eigenvalue weighted by atomic mass is 14.7. The summed E-state index contributed by atoms with van der Waals surface area (Å²) in [6, 6.07) is 7.03. The molecule has 0 aliphatic heterocycles. The Hall–Kier alpha value is -0.820. The molecular weight excluding hydrogens is 242 g/mol. The Kier molecular flexibility index (Phi) is 5.65. The van der Waals surface area contributed by atoms with Crippen LogP contribution in [0.2, 0.25) is 0 Å². The third-order valence-electron chi connectivity index (χ3n) is 4.99. The molecule has 0 amide bonds. The van der Waals surface area contributed by atoms with Gasteiger partial charge in [-0.2, -0.15) is 0 Å². The van der Waals surface area contributed by atoms with Crippen LogP contribution in [0.4, 0.5) is 0 Å². The first-order valence-electron chi connectivity index (χ1n) is 8.44. The molecule has 2 rings (SSSR count). The van der Waals surface area contributed by atoms with Crippen molar-refractivity contribution in [1.29, 1.82) is 0 Å². The van der Waals surface area contributed by atoms with Crippen molar-refractivity contribution in [3.05, 3.63) is 34.9 Å². The van der Waals surface area contributed by atoms with Crippen LogP contribution >= 0.6 is 0 Å². The first kappa shape index (κ1) is 15.6. The van der Waals surface area contributed by atoms with Gasteiger partial charge in [0.05, 0.1) is 0 Å². The molecule has 0 bridgehead atoms. The number of rotatable bonds is 5. The number of benzene rings is 1. The molecule has 1 aliphatic rings. The lowest BCUT2D eigenvalue weighted by atomic mass is 9.75. The molecule has 1 fully saturated rings. The van der Waals surface area contributed by atoms with Crippen LogP contribution in [0, 0.1) is 25.7 Å². The van der Waals surface area contributed by atoms with Gasteiger partial charge < -0.3 is 5.73 Å². The van der Waals surface area contributed by atoms with Crippen molar-refractivity contribution in [2.24, 2.45) is 17.6 Å². The molecule has 0 spiro atoms. The molecule has 0 heterocycles. The van der Waals surface area contributed by atoms with E-state index in [1.54, 1.807) is 0 Å². The summed E-state index contributed by atoms with van der Waals surface area (Å²) in [5, 5.41) is 0. The second kappa shape index (κ2) is 7.26. The lowest BCUT2D eigenvalue weighted by molar-refractivity contribution is 0.232. The van der Waals surface area contributed by atoms with E-state index in [9.17, 15) is 0 Å². The minimum atomic E-state index is 0.237. The van der Waals surface area contributed by atoms with Crippen LogP contribution in [-0.2, 0) is 0 Å². The van der Waals surface area contributed by atoms with Gasteiger partial charge in [0.1, 0.15) is 0 Å². The van der Waals surface area contributed by atoms with Crippen molar-refractivity contribution in [3.8, 4) is 0 Å². The fraction of sp³-hybridized carbons (Fsp3) is 0.684. The van der Waals surface area contributed by atoms with Crippen molar-refractivity contribution < 1.29 is 0 Å². The molecule has 1 saturated carbocycles. The second-order valence-electron chi connectivity index (χ2n) is 6.87. The predicted molar refractivity (Wildman–Crippen MR) is 87.8 cm³/mol. The molecule has 1 aromatic rings. The molecule has 112 valence electrons. The Morgan fingerprint density at radius 3 is 2.20 bits per heavy atom. The maximum absolute atomic E-state index is 6.55. The summed E-state index contributed by atoms with van der Waals surface area (Å²) < 4.78 is 0. The highest BCUT2D eigenvalue weighted by Gasteiger charge is 2.26. The molecule has 1 aliphatic carbocycles. The van der Waals surface area contributed by atoms with Crippen LogP contribution < -0.4 is 5.73 Å². The Labute approximate surface area is 125 Å². The summed E-state index contributed by atoms with van der Waals surface area (Å²) in [7, 11) is 0. The molecule has 0 aromatic heterocycles. The lowest BCUT2D eigenvalue weighted by Crippen LogP contribution is -2.26. The summed E-state index contributed by atoms with van der Waals surface area (Å²) in [6.07, 6.45) is 9.60. The van der Waals surface area contributed by atoms with Gasteiger partial charge in [0.15, 0.2) is 0 Å². The van der Waals surface area contributed by atoms with Crippen LogP contribution in [-0.4, -0.2) is 0 Å². The van der Waals surface area contributed by atoms with Gasteiger partial charge in [-0.25, -0.2) is 0 Å². The fourth-order valence-electron chi connectivity index (χ4n) is 3.80. The lowest BCUT2D eigenvalue weighted by Gasteiger charge is -2.32. The molecule has 1 heteroatoms. The molecule has 20 heavy (non-hydrogen) atoms. The Bertz CT molecular complexity index is 396. The van der Waals surface area contributed by atoms with Crippen molar-refractivity contribution in [1.82, 2.24) is 0 Å².